The molecule has 0 spiro atoms. The summed E-state index contributed by atoms with van der Waals surface area (Å²) in [5.41, 5.74) is 1.59. The second kappa shape index (κ2) is 6.60. The highest BCUT2D eigenvalue weighted by molar-refractivity contribution is 6.00. The van der Waals surface area contributed by atoms with Crippen LogP contribution in [0.4, 0.5) is 0 Å². The van der Waals surface area contributed by atoms with Gasteiger partial charge in [-0.1, -0.05) is 0 Å². The molecule has 0 aromatic heterocycles. The number of carbonyl (C=O) groups is 2. The first-order chi connectivity index (χ1) is 11.1. The first kappa shape index (κ1) is 15.8. The lowest BCUT2D eigenvalue weighted by Gasteiger charge is -2.28. The largest absolute Gasteiger partial charge is 0.492 e. The summed E-state index contributed by atoms with van der Waals surface area (Å²) >= 11 is 0. The van der Waals surface area contributed by atoms with E-state index in [1.54, 1.807) is 0 Å². The van der Waals surface area contributed by atoms with Gasteiger partial charge in [0.25, 0.3) is 0 Å². The van der Waals surface area contributed by atoms with Crippen molar-refractivity contribution in [1.82, 2.24) is 0 Å². The number of benzene rings is 1. The van der Waals surface area contributed by atoms with Crippen LogP contribution in [0.1, 0.15) is 48.0 Å². The number of rotatable bonds is 3. The van der Waals surface area contributed by atoms with Crippen molar-refractivity contribution < 1.29 is 23.8 Å². The van der Waals surface area contributed by atoms with E-state index in [1.165, 1.54) is 7.11 Å². The Morgan fingerprint density at radius 2 is 1.96 bits per heavy atom. The lowest BCUT2D eigenvalue weighted by Crippen LogP contribution is -2.28. The van der Waals surface area contributed by atoms with Crippen LogP contribution < -0.4 is 9.47 Å². The molecule has 5 heteroatoms. The van der Waals surface area contributed by atoms with Gasteiger partial charge in [-0.15, -0.1) is 0 Å². The van der Waals surface area contributed by atoms with Gasteiger partial charge in [0.05, 0.1) is 31.3 Å². The van der Waals surface area contributed by atoms with E-state index in [4.69, 9.17) is 14.2 Å². The third kappa shape index (κ3) is 3.33. The Labute approximate surface area is 135 Å². The summed E-state index contributed by atoms with van der Waals surface area (Å²) in [7, 11) is 1.43. The normalized spacial score (nSPS) is 23.7. The van der Waals surface area contributed by atoms with Crippen LogP contribution in [0.15, 0.2) is 12.1 Å². The number of methoxy groups -OCH3 is 1. The van der Waals surface area contributed by atoms with Gasteiger partial charge in [-0.3, -0.25) is 9.59 Å². The minimum Gasteiger partial charge on any atom is -0.492 e. The SMILES string of the molecule is COC(=O)C1CCC(Oc2cc3c(cc2C)C(=O)CCO3)CC1. The first-order valence-electron chi connectivity index (χ1n) is 8.13. The molecule has 0 unspecified atom stereocenters. The number of fused-ring (bicyclic) bond motifs is 1. The fourth-order valence-corrected chi connectivity index (χ4v) is 3.28. The number of aryl methyl sites for hydroxylation is 1. The van der Waals surface area contributed by atoms with E-state index in [0.717, 1.165) is 37.0 Å². The molecule has 5 nitrogen and oxygen atoms in total. The van der Waals surface area contributed by atoms with Gasteiger partial charge in [0.2, 0.25) is 0 Å². The topological polar surface area (TPSA) is 61.8 Å². The summed E-state index contributed by atoms with van der Waals surface area (Å²) in [5.74, 6) is 1.37. The Balaban J connectivity index is 1.67. The molecule has 1 aliphatic heterocycles. The molecular formula is C18H22O5. The minimum atomic E-state index is -0.125. The number of carbonyl (C=O) groups excluding carboxylic acids is 2. The molecule has 1 aliphatic carbocycles. The third-order valence-corrected chi connectivity index (χ3v) is 4.67. The zero-order valence-electron chi connectivity index (χ0n) is 13.6. The predicted molar refractivity (Wildman–Crippen MR) is 84.0 cm³/mol. The molecule has 3 rings (SSSR count). The second-order valence-electron chi connectivity index (χ2n) is 6.25. The van der Waals surface area contributed by atoms with Gasteiger partial charge in [0, 0.05) is 12.5 Å². The van der Waals surface area contributed by atoms with Crippen molar-refractivity contribution in [2.75, 3.05) is 13.7 Å². The molecule has 23 heavy (non-hydrogen) atoms. The Bertz CT molecular complexity index is 614. The van der Waals surface area contributed by atoms with Crippen LogP contribution in [-0.4, -0.2) is 31.6 Å². The average molecular weight is 318 g/mol. The van der Waals surface area contributed by atoms with E-state index in [1.807, 2.05) is 19.1 Å². The maximum absolute atomic E-state index is 11.9. The smallest absolute Gasteiger partial charge is 0.308 e. The van der Waals surface area contributed by atoms with Gasteiger partial charge in [-0.25, -0.2) is 0 Å². The molecular weight excluding hydrogens is 296 g/mol. The number of ether oxygens (including phenoxy) is 3. The van der Waals surface area contributed by atoms with Crippen molar-refractivity contribution in [1.29, 1.82) is 0 Å². The van der Waals surface area contributed by atoms with E-state index >= 15 is 0 Å². The highest BCUT2D eigenvalue weighted by Crippen LogP contribution is 2.35. The first-order valence-corrected chi connectivity index (χ1v) is 8.13. The molecule has 1 fully saturated rings. The Kier molecular flexibility index (Phi) is 4.55. The highest BCUT2D eigenvalue weighted by atomic mass is 16.5. The molecule has 1 aromatic rings. The Morgan fingerprint density at radius 3 is 2.65 bits per heavy atom. The number of ketones is 1. The second-order valence-corrected chi connectivity index (χ2v) is 6.25. The van der Waals surface area contributed by atoms with Crippen molar-refractivity contribution in [3.05, 3.63) is 23.3 Å². The van der Waals surface area contributed by atoms with Gasteiger partial charge in [0.1, 0.15) is 11.5 Å². The summed E-state index contributed by atoms with van der Waals surface area (Å²) in [6, 6.07) is 3.68. The van der Waals surface area contributed by atoms with Crippen molar-refractivity contribution in [3.63, 3.8) is 0 Å². The van der Waals surface area contributed by atoms with Crippen LogP contribution in [0.25, 0.3) is 0 Å². The van der Waals surface area contributed by atoms with Crippen LogP contribution in [-0.2, 0) is 9.53 Å². The van der Waals surface area contributed by atoms with Crippen LogP contribution in [0.2, 0.25) is 0 Å². The fraction of sp³-hybridized carbons (Fsp3) is 0.556. The van der Waals surface area contributed by atoms with Crippen molar-refractivity contribution >= 4 is 11.8 Å². The molecule has 1 aromatic carbocycles. The van der Waals surface area contributed by atoms with E-state index in [9.17, 15) is 9.59 Å². The summed E-state index contributed by atoms with van der Waals surface area (Å²) in [5, 5.41) is 0. The lowest BCUT2D eigenvalue weighted by atomic mass is 9.87. The van der Waals surface area contributed by atoms with Crippen molar-refractivity contribution in [2.45, 2.75) is 45.1 Å². The third-order valence-electron chi connectivity index (χ3n) is 4.67. The van der Waals surface area contributed by atoms with Gasteiger partial charge < -0.3 is 14.2 Å². The van der Waals surface area contributed by atoms with Crippen LogP contribution in [0.5, 0.6) is 11.5 Å². The van der Waals surface area contributed by atoms with E-state index < -0.39 is 0 Å². The molecule has 0 radical (unpaired) electrons. The monoisotopic (exact) mass is 318 g/mol. The summed E-state index contributed by atoms with van der Waals surface area (Å²) in [4.78, 5) is 23.5. The molecule has 0 bridgehead atoms. The minimum absolute atomic E-state index is 0.00886. The molecule has 2 aliphatic rings. The van der Waals surface area contributed by atoms with Crippen LogP contribution in [0.3, 0.4) is 0 Å². The van der Waals surface area contributed by atoms with E-state index in [2.05, 4.69) is 0 Å². The van der Waals surface area contributed by atoms with Crippen molar-refractivity contribution in [3.8, 4) is 11.5 Å². The number of esters is 1. The highest BCUT2D eigenvalue weighted by Gasteiger charge is 2.28. The quantitative estimate of drug-likeness (QED) is 0.802. The van der Waals surface area contributed by atoms with Crippen LogP contribution in [0, 0.1) is 12.8 Å². The molecule has 1 saturated carbocycles. The maximum Gasteiger partial charge on any atom is 0.308 e. The number of hydrogen-bond donors (Lipinski definition) is 0. The predicted octanol–water partition coefficient (Wildman–Crippen LogP) is 3.07. The zero-order valence-corrected chi connectivity index (χ0v) is 13.6. The van der Waals surface area contributed by atoms with E-state index in [-0.39, 0.29) is 23.8 Å². The zero-order chi connectivity index (χ0) is 16.4. The standard InChI is InChI=1S/C18H22O5/c1-11-9-14-15(19)7-8-22-17(14)10-16(11)23-13-5-3-12(4-6-13)18(20)21-2/h9-10,12-13H,3-8H2,1-2H3. The molecule has 124 valence electrons. The molecule has 0 saturated heterocycles. The van der Waals surface area contributed by atoms with Crippen LogP contribution >= 0.6 is 0 Å². The van der Waals surface area contributed by atoms with Crippen molar-refractivity contribution in [2.24, 2.45) is 5.92 Å². The van der Waals surface area contributed by atoms with Gasteiger partial charge >= 0.3 is 5.97 Å². The summed E-state index contributed by atoms with van der Waals surface area (Å²) in [6.45, 7) is 2.37. The Morgan fingerprint density at radius 1 is 1.22 bits per heavy atom. The van der Waals surface area contributed by atoms with Gasteiger partial charge in [0.15, 0.2) is 5.78 Å². The molecule has 1 heterocycles. The summed E-state index contributed by atoms with van der Waals surface area (Å²) < 4.78 is 16.5. The molecule has 0 amide bonds. The van der Waals surface area contributed by atoms with Gasteiger partial charge in [-0.05, 0) is 44.2 Å². The number of Topliss-reactive ketones (excluding diaryl/α,β-unsaturated/α-hetero) is 1. The fourth-order valence-electron chi connectivity index (χ4n) is 3.28. The summed E-state index contributed by atoms with van der Waals surface area (Å²) in [6.07, 6.45) is 3.76. The molecule has 0 N–H and O–H groups in total. The lowest BCUT2D eigenvalue weighted by molar-refractivity contribution is -0.147. The maximum atomic E-state index is 11.9. The van der Waals surface area contributed by atoms with Gasteiger partial charge in [-0.2, -0.15) is 0 Å². The average Bonchev–Trinajstić information content (AvgIpc) is 2.56. The Hall–Kier alpha value is -2.04. The molecule has 0 atom stereocenters. The number of hydrogen-bond acceptors (Lipinski definition) is 5. The van der Waals surface area contributed by atoms with E-state index in [0.29, 0.717) is 24.3 Å².